The third kappa shape index (κ3) is 13.2. The maximum Gasteiger partial charge on any atom is 0.303 e. The number of hydrogen-bond donors (Lipinski definition) is 1. The molecule has 0 aliphatic heterocycles. The van der Waals surface area contributed by atoms with E-state index in [-0.39, 0.29) is 21.1 Å². The fourth-order valence-electron chi connectivity index (χ4n) is 0.880. The molecule has 0 aromatic heterocycles. The summed E-state index contributed by atoms with van der Waals surface area (Å²) in [5.74, 6) is -0.670. The summed E-state index contributed by atoms with van der Waals surface area (Å²) in [7, 11) is 0. The fourth-order valence-corrected chi connectivity index (χ4v) is 0.880. The zero-order valence-electron chi connectivity index (χ0n) is 6.91. The molecule has 2 nitrogen and oxygen atoms in total. The third-order valence-corrected chi connectivity index (χ3v) is 1.49. The molecule has 0 aromatic rings. The summed E-state index contributed by atoms with van der Waals surface area (Å²) in [5, 5.41) is 8.27. The van der Waals surface area contributed by atoms with Crippen LogP contribution in [0.4, 0.5) is 0 Å². The molecule has 0 spiro atoms. The molecule has 0 radical (unpaired) electrons. The van der Waals surface area contributed by atoms with Crippen molar-refractivity contribution < 1.29 is 31.0 Å². The quantitative estimate of drug-likeness (QED) is 0.755. The minimum Gasteiger partial charge on any atom is -0.481 e. The average Bonchev–Trinajstić information content (AvgIpc) is 1.87. The first-order valence-corrected chi connectivity index (χ1v) is 3.99. The molecule has 0 amide bonds. The molecule has 0 bridgehead atoms. The van der Waals surface area contributed by atoms with E-state index in [1.807, 2.05) is 0 Å². The Morgan fingerprint density at radius 2 is 1.73 bits per heavy atom. The Bertz CT molecular complexity index is 94.1. The molecular weight excluding hydrogens is 323 g/mol. The number of aliphatic carboxylic acids is 1. The molecule has 0 aromatic carbocycles. The van der Waals surface area contributed by atoms with Gasteiger partial charge in [-0.15, -0.1) is 0 Å². The number of carboxylic acids is 1. The number of hydrogen-bond acceptors (Lipinski definition) is 1. The standard InChI is InChI=1S/C8H16O2.Pt/c1-2-3-4-5-6-7-8(9)10;/h2-7H2,1H3,(H,9,10);. The fraction of sp³-hybridized carbons (Fsp3) is 0.875. The molecule has 11 heavy (non-hydrogen) atoms. The van der Waals surface area contributed by atoms with E-state index in [1.165, 1.54) is 19.3 Å². The zero-order valence-corrected chi connectivity index (χ0v) is 9.19. The van der Waals surface area contributed by atoms with Crippen molar-refractivity contribution in [1.29, 1.82) is 0 Å². The van der Waals surface area contributed by atoms with Gasteiger partial charge in [0.25, 0.3) is 0 Å². The first kappa shape index (κ1) is 13.7. The van der Waals surface area contributed by atoms with Gasteiger partial charge in [0.05, 0.1) is 0 Å². The Labute approximate surface area is 82.6 Å². The van der Waals surface area contributed by atoms with E-state index < -0.39 is 5.97 Å². The van der Waals surface area contributed by atoms with Crippen LogP contribution >= 0.6 is 0 Å². The van der Waals surface area contributed by atoms with Crippen molar-refractivity contribution in [2.45, 2.75) is 45.4 Å². The van der Waals surface area contributed by atoms with Crippen LogP contribution in [-0.2, 0) is 25.9 Å². The molecular formula is C8H16O2Pt. The smallest absolute Gasteiger partial charge is 0.303 e. The number of unbranched alkanes of at least 4 members (excludes halogenated alkanes) is 4. The summed E-state index contributed by atoms with van der Waals surface area (Å²) < 4.78 is 0. The van der Waals surface area contributed by atoms with Crippen LogP contribution in [0.2, 0.25) is 0 Å². The van der Waals surface area contributed by atoms with Crippen LogP contribution in [0.3, 0.4) is 0 Å². The largest absolute Gasteiger partial charge is 0.481 e. The van der Waals surface area contributed by atoms with Crippen molar-refractivity contribution in [3.05, 3.63) is 0 Å². The minimum absolute atomic E-state index is 0. The predicted molar refractivity (Wildman–Crippen MR) is 41.0 cm³/mol. The molecule has 0 heterocycles. The molecule has 0 aliphatic rings. The monoisotopic (exact) mass is 339 g/mol. The van der Waals surface area contributed by atoms with Crippen LogP contribution in [-0.4, -0.2) is 11.1 Å². The van der Waals surface area contributed by atoms with Crippen LogP contribution < -0.4 is 0 Å². The van der Waals surface area contributed by atoms with Crippen LogP contribution in [0.15, 0.2) is 0 Å². The van der Waals surface area contributed by atoms with Gasteiger partial charge in [0.15, 0.2) is 0 Å². The van der Waals surface area contributed by atoms with E-state index in [0.717, 1.165) is 12.8 Å². The van der Waals surface area contributed by atoms with Crippen LogP contribution in [0.1, 0.15) is 45.4 Å². The van der Waals surface area contributed by atoms with Gasteiger partial charge in [0.1, 0.15) is 0 Å². The van der Waals surface area contributed by atoms with Gasteiger partial charge in [-0.3, -0.25) is 4.79 Å². The first-order chi connectivity index (χ1) is 4.77. The van der Waals surface area contributed by atoms with Crippen LogP contribution in [0.25, 0.3) is 0 Å². The second kappa shape index (κ2) is 10.2. The molecule has 0 saturated heterocycles. The minimum atomic E-state index is -0.670. The number of carbonyl (C=O) groups is 1. The van der Waals surface area contributed by atoms with Gasteiger partial charge >= 0.3 is 5.97 Å². The Kier molecular flexibility index (Phi) is 12.7. The maximum atomic E-state index is 10.0. The summed E-state index contributed by atoms with van der Waals surface area (Å²) in [4.78, 5) is 10.0. The van der Waals surface area contributed by atoms with Gasteiger partial charge in [0, 0.05) is 27.5 Å². The third-order valence-electron chi connectivity index (χ3n) is 1.49. The SMILES string of the molecule is CCCCCCCC(=O)O.[Pt]. The molecule has 0 fully saturated rings. The van der Waals surface area contributed by atoms with Crippen molar-refractivity contribution in [3.8, 4) is 0 Å². The Morgan fingerprint density at radius 1 is 1.18 bits per heavy atom. The normalized spacial score (nSPS) is 8.82. The summed E-state index contributed by atoms with van der Waals surface area (Å²) >= 11 is 0. The Morgan fingerprint density at radius 3 is 2.18 bits per heavy atom. The van der Waals surface area contributed by atoms with Gasteiger partial charge in [-0.1, -0.05) is 32.6 Å². The van der Waals surface area contributed by atoms with Crippen molar-refractivity contribution >= 4 is 5.97 Å². The van der Waals surface area contributed by atoms with Crippen molar-refractivity contribution in [3.63, 3.8) is 0 Å². The molecule has 0 saturated carbocycles. The van der Waals surface area contributed by atoms with Crippen molar-refractivity contribution in [2.24, 2.45) is 0 Å². The number of rotatable bonds is 6. The summed E-state index contributed by atoms with van der Waals surface area (Å²) in [6.07, 6.45) is 5.88. The van der Waals surface area contributed by atoms with Crippen molar-refractivity contribution in [2.75, 3.05) is 0 Å². The summed E-state index contributed by atoms with van der Waals surface area (Å²) in [5.41, 5.74) is 0. The van der Waals surface area contributed by atoms with Gasteiger partial charge in [-0.2, -0.15) is 0 Å². The van der Waals surface area contributed by atoms with E-state index in [0.29, 0.717) is 6.42 Å². The summed E-state index contributed by atoms with van der Waals surface area (Å²) in [6, 6.07) is 0. The molecule has 0 atom stereocenters. The second-order valence-electron chi connectivity index (χ2n) is 2.56. The van der Waals surface area contributed by atoms with Gasteiger partial charge in [-0.05, 0) is 6.42 Å². The summed E-state index contributed by atoms with van der Waals surface area (Å²) in [6.45, 7) is 2.15. The van der Waals surface area contributed by atoms with Gasteiger partial charge in [-0.25, -0.2) is 0 Å². The second-order valence-corrected chi connectivity index (χ2v) is 2.56. The van der Waals surface area contributed by atoms with E-state index >= 15 is 0 Å². The maximum absolute atomic E-state index is 10.0. The Balaban J connectivity index is 0. The Hall–Kier alpha value is 0.158. The van der Waals surface area contributed by atoms with E-state index in [4.69, 9.17) is 5.11 Å². The van der Waals surface area contributed by atoms with E-state index in [9.17, 15) is 4.79 Å². The van der Waals surface area contributed by atoms with E-state index in [2.05, 4.69) is 6.92 Å². The van der Waals surface area contributed by atoms with Gasteiger partial charge < -0.3 is 5.11 Å². The predicted octanol–water partition coefficient (Wildman–Crippen LogP) is 2.43. The molecule has 3 heteroatoms. The van der Waals surface area contributed by atoms with Crippen LogP contribution in [0.5, 0.6) is 0 Å². The molecule has 70 valence electrons. The van der Waals surface area contributed by atoms with Crippen molar-refractivity contribution in [1.82, 2.24) is 0 Å². The van der Waals surface area contributed by atoms with Gasteiger partial charge in [0.2, 0.25) is 0 Å². The molecule has 1 N–H and O–H groups in total. The first-order valence-electron chi connectivity index (χ1n) is 3.99. The number of carboxylic acid groups (broad SMARTS) is 1. The zero-order chi connectivity index (χ0) is 7.82. The average molecular weight is 339 g/mol. The van der Waals surface area contributed by atoms with Crippen LogP contribution in [0, 0.1) is 0 Å². The topological polar surface area (TPSA) is 37.3 Å². The molecule has 0 aliphatic carbocycles. The molecule has 0 unspecified atom stereocenters. The molecule has 0 rings (SSSR count). The van der Waals surface area contributed by atoms with E-state index in [1.54, 1.807) is 0 Å².